The molecule has 1 fully saturated rings. The van der Waals surface area contributed by atoms with E-state index in [0.29, 0.717) is 12.1 Å². The number of ether oxygens (including phenoxy) is 1. The van der Waals surface area contributed by atoms with Crippen LogP contribution in [0.1, 0.15) is 87.3 Å². The van der Waals surface area contributed by atoms with Crippen molar-refractivity contribution >= 4 is 0 Å². The molecule has 0 aliphatic heterocycles. The molecule has 1 nitrogen and oxygen atoms in total. The predicted molar refractivity (Wildman–Crippen MR) is 162 cm³/mol. The minimum Gasteiger partial charge on any atom is -0.429 e. The second-order valence-corrected chi connectivity index (χ2v) is 12.1. The van der Waals surface area contributed by atoms with Gasteiger partial charge in [0.25, 0.3) is 6.43 Å². The van der Waals surface area contributed by atoms with Gasteiger partial charge in [0.15, 0.2) is 0 Å². The topological polar surface area (TPSA) is 9.23 Å². The summed E-state index contributed by atoms with van der Waals surface area (Å²) in [6.07, 6.45) is 1.13. The van der Waals surface area contributed by atoms with Crippen molar-refractivity contribution in [3.63, 3.8) is 0 Å². The number of benzene rings is 4. The first-order valence-electron chi connectivity index (χ1n) is 15.6. The highest BCUT2D eigenvalue weighted by Crippen LogP contribution is 2.40. The van der Waals surface area contributed by atoms with E-state index in [1.165, 1.54) is 43.9 Å². The lowest BCUT2D eigenvalue weighted by atomic mass is 9.77. The Morgan fingerprint density at radius 1 is 0.681 bits per heavy atom. The molecular weight excluding hydrogens is 631 g/mol. The first kappa shape index (κ1) is 34.4. The molecule has 47 heavy (non-hydrogen) atoms. The second-order valence-electron chi connectivity index (χ2n) is 12.1. The van der Waals surface area contributed by atoms with Crippen LogP contribution in [-0.4, -0.2) is 0 Å². The summed E-state index contributed by atoms with van der Waals surface area (Å²) in [5.41, 5.74) is -1.90. The molecule has 4 aromatic carbocycles. The summed E-state index contributed by atoms with van der Waals surface area (Å²) in [7, 11) is 0. The molecule has 5 rings (SSSR count). The molecule has 1 aliphatic carbocycles. The molecule has 0 heterocycles. The van der Waals surface area contributed by atoms with E-state index < -0.39 is 58.5 Å². The maximum absolute atomic E-state index is 15.3. The largest absolute Gasteiger partial charge is 0.429 e. The highest BCUT2D eigenvalue weighted by atomic mass is 19.3. The molecule has 0 unspecified atom stereocenters. The fourth-order valence-electron chi connectivity index (χ4n) is 6.35. The number of halogens is 9. The first-order valence-corrected chi connectivity index (χ1v) is 15.6. The van der Waals surface area contributed by atoms with Crippen LogP contribution in [0.15, 0.2) is 66.7 Å². The van der Waals surface area contributed by atoms with Gasteiger partial charge < -0.3 is 4.74 Å². The molecule has 250 valence electrons. The van der Waals surface area contributed by atoms with Gasteiger partial charge in [0.05, 0.1) is 11.1 Å². The molecule has 0 spiro atoms. The van der Waals surface area contributed by atoms with E-state index in [4.69, 9.17) is 0 Å². The maximum Gasteiger partial charge on any atom is 0.429 e. The van der Waals surface area contributed by atoms with Crippen molar-refractivity contribution in [3.8, 4) is 28.0 Å². The zero-order valence-corrected chi connectivity index (χ0v) is 25.5. The molecule has 1 aliphatic rings. The third kappa shape index (κ3) is 7.79. The third-order valence-electron chi connectivity index (χ3n) is 8.92. The molecule has 10 heteroatoms. The summed E-state index contributed by atoms with van der Waals surface area (Å²) in [5, 5.41) is 0. The highest BCUT2D eigenvalue weighted by molar-refractivity contribution is 5.72. The van der Waals surface area contributed by atoms with Gasteiger partial charge in [-0.05, 0) is 78.5 Å². The monoisotopic (exact) mass is 664 g/mol. The van der Waals surface area contributed by atoms with Gasteiger partial charge in [0.2, 0.25) is 0 Å². The Bertz CT molecular complexity index is 1690. The van der Waals surface area contributed by atoms with Gasteiger partial charge in [-0.2, -0.15) is 8.78 Å². The van der Waals surface area contributed by atoms with Gasteiger partial charge in [-0.25, -0.2) is 30.7 Å². The van der Waals surface area contributed by atoms with E-state index in [1.807, 2.05) is 6.07 Å². The van der Waals surface area contributed by atoms with Gasteiger partial charge in [-0.1, -0.05) is 62.9 Å². The Balaban J connectivity index is 1.29. The lowest BCUT2D eigenvalue weighted by Gasteiger charge is -2.29. The van der Waals surface area contributed by atoms with Crippen LogP contribution in [0.5, 0.6) is 5.75 Å². The van der Waals surface area contributed by atoms with Crippen molar-refractivity contribution < 1.29 is 44.3 Å². The zero-order valence-electron chi connectivity index (χ0n) is 25.5. The van der Waals surface area contributed by atoms with E-state index in [0.717, 1.165) is 49.3 Å². The van der Waals surface area contributed by atoms with Crippen molar-refractivity contribution in [1.29, 1.82) is 0 Å². The van der Waals surface area contributed by atoms with Crippen LogP contribution in [-0.2, 0) is 6.11 Å². The Hall–Kier alpha value is -3.95. The van der Waals surface area contributed by atoms with Crippen molar-refractivity contribution in [3.05, 3.63) is 113 Å². The lowest BCUT2D eigenvalue weighted by Crippen LogP contribution is -2.23. The van der Waals surface area contributed by atoms with Gasteiger partial charge in [0, 0.05) is 23.3 Å². The highest BCUT2D eigenvalue weighted by Gasteiger charge is 2.38. The van der Waals surface area contributed by atoms with Crippen molar-refractivity contribution in [2.45, 2.75) is 76.7 Å². The third-order valence-corrected chi connectivity index (χ3v) is 8.92. The number of hydrogen-bond acceptors (Lipinski definition) is 1. The van der Waals surface area contributed by atoms with Crippen molar-refractivity contribution in [1.82, 2.24) is 0 Å². The quantitative estimate of drug-likeness (QED) is 0.115. The minimum absolute atomic E-state index is 0.120. The Labute approximate surface area is 267 Å². The number of hydrogen-bond donors (Lipinski definition) is 0. The molecule has 0 radical (unpaired) electrons. The van der Waals surface area contributed by atoms with E-state index in [9.17, 15) is 30.7 Å². The van der Waals surface area contributed by atoms with Gasteiger partial charge >= 0.3 is 6.11 Å². The number of alkyl halides is 4. The fourth-order valence-corrected chi connectivity index (χ4v) is 6.35. The normalized spacial score (nSPS) is 16.9. The minimum atomic E-state index is -4.48. The average molecular weight is 665 g/mol. The lowest BCUT2D eigenvalue weighted by molar-refractivity contribution is -0.187. The van der Waals surface area contributed by atoms with Crippen LogP contribution < -0.4 is 4.74 Å². The van der Waals surface area contributed by atoms with Crippen LogP contribution in [0.3, 0.4) is 0 Å². The Morgan fingerprint density at radius 2 is 1.26 bits per heavy atom. The molecule has 4 aromatic rings. The van der Waals surface area contributed by atoms with Crippen LogP contribution >= 0.6 is 0 Å². The molecule has 0 atom stereocenters. The van der Waals surface area contributed by atoms with Crippen molar-refractivity contribution in [2.24, 2.45) is 5.92 Å². The molecule has 0 aromatic heterocycles. The van der Waals surface area contributed by atoms with Crippen molar-refractivity contribution in [2.75, 3.05) is 0 Å². The van der Waals surface area contributed by atoms with Crippen LogP contribution in [0, 0.1) is 35.0 Å². The number of rotatable bonds is 11. The smallest absolute Gasteiger partial charge is 0.429 e. The summed E-state index contributed by atoms with van der Waals surface area (Å²) in [6, 6.07) is 11.2. The summed E-state index contributed by atoms with van der Waals surface area (Å²) >= 11 is 0. The second kappa shape index (κ2) is 14.4. The zero-order chi connectivity index (χ0) is 33.9. The van der Waals surface area contributed by atoms with Crippen LogP contribution in [0.25, 0.3) is 22.3 Å². The summed E-state index contributed by atoms with van der Waals surface area (Å²) in [4.78, 5) is 0. The number of unbranched alkanes of at least 4 members (excludes halogenated alkanes) is 2. The SMILES string of the molecule is CCCCCC1CCC(c2ccc(-c3ccc(-c4ccc(C(F)(F)Oc5cc(F)c(C(F)F)c(F)c5)c(F)c4)c(F)c3)c(F)c2)CC1. The van der Waals surface area contributed by atoms with Crippen LogP contribution in [0.2, 0.25) is 0 Å². The summed E-state index contributed by atoms with van der Waals surface area (Å²) in [6.45, 7) is 2.19. The molecular formula is C37H33F9O. The predicted octanol–water partition coefficient (Wildman–Crippen LogP) is 12.6. The molecule has 1 saturated carbocycles. The molecule has 0 bridgehead atoms. The standard InChI is InChI=1S/C37H33F9O/c1-2-3-4-5-21-6-8-22(9-7-21)23-10-13-27(30(38)16-23)24-11-14-28(31(39)17-24)25-12-15-29(32(40)18-25)37(45,46)47-26-19-33(41)35(36(43)44)34(42)20-26/h10-22,36H,2-9H2,1H3. The first-order chi connectivity index (χ1) is 22.4. The van der Waals surface area contributed by atoms with E-state index >= 15 is 8.78 Å². The van der Waals surface area contributed by atoms with E-state index in [-0.39, 0.29) is 40.3 Å². The van der Waals surface area contributed by atoms with Gasteiger partial charge in [0.1, 0.15) is 34.8 Å². The molecule has 0 amide bonds. The maximum atomic E-state index is 15.3. The van der Waals surface area contributed by atoms with Gasteiger partial charge in [-0.15, -0.1) is 0 Å². The Kier molecular flexibility index (Phi) is 10.6. The van der Waals surface area contributed by atoms with E-state index in [2.05, 4.69) is 11.7 Å². The van der Waals surface area contributed by atoms with E-state index in [1.54, 1.807) is 6.07 Å². The Morgan fingerprint density at radius 3 is 1.81 bits per heavy atom. The fraction of sp³-hybridized carbons (Fsp3) is 0.351. The summed E-state index contributed by atoms with van der Waals surface area (Å²) in [5.74, 6) is -6.67. The van der Waals surface area contributed by atoms with Gasteiger partial charge in [-0.3, -0.25) is 0 Å². The molecule has 0 saturated heterocycles. The summed E-state index contributed by atoms with van der Waals surface area (Å²) < 4.78 is 132. The molecule has 0 N–H and O–H groups in total. The average Bonchev–Trinajstić information content (AvgIpc) is 3.00. The van der Waals surface area contributed by atoms with Crippen LogP contribution in [0.4, 0.5) is 39.5 Å².